The Labute approximate surface area is 128 Å². The Kier molecular flexibility index (Phi) is 14.2. The molecule has 3 heteroatoms. The van der Waals surface area contributed by atoms with Crippen LogP contribution >= 0.6 is 23.5 Å². The molecule has 0 fully saturated rings. The summed E-state index contributed by atoms with van der Waals surface area (Å²) < 4.78 is 0. The average molecular weight is 300 g/mol. The third kappa shape index (κ3) is 12.6. The minimum Gasteiger partial charge on any atom is -0.301 e. The highest BCUT2D eigenvalue weighted by Crippen LogP contribution is 2.07. The van der Waals surface area contributed by atoms with Crippen molar-refractivity contribution in [3.05, 3.63) is 37.0 Å². The number of allylic oxidation sites excluding steroid dienone is 3. The van der Waals surface area contributed by atoms with Crippen molar-refractivity contribution in [1.82, 2.24) is 4.90 Å². The van der Waals surface area contributed by atoms with Gasteiger partial charge >= 0.3 is 0 Å². The Balaban J connectivity index is 3.97. The number of rotatable bonds is 13. The van der Waals surface area contributed by atoms with E-state index in [1.165, 1.54) is 41.7 Å². The summed E-state index contributed by atoms with van der Waals surface area (Å²) in [6.45, 7) is 15.7. The van der Waals surface area contributed by atoms with Crippen LogP contribution in [0.3, 0.4) is 0 Å². The molecule has 19 heavy (non-hydrogen) atoms. The third-order valence-electron chi connectivity index (χ3n) is 2.73. The van der Waals surface area contributed by atoms with E-state index >= 15 is 0 Å². The Hall–Kier alpha value is -0.120. The Morgan fingerprint density at radius 2 is 1.63 bits per heavy atom. The fraction of sp³-hybridized carbons (Fsp3) is 0.625. The Morgan fingerprint density at radius 3 is 2.11 bits per heavy atom. The summed E-state index contributed by atoms with van der Waals surface area (Å²) in [5.74, 6) is 4.91. The molecule has 0 radical (unpaired) electrons. The van der Waals surface area contributed by atoms with Gasteiger partial charge in [-0.2, -0.15) is 23.5 Å². The molecule has 0 aromatic carbocycles. The lowest BCUT2D eigenvalue weighted by Gasteiger charge is -2.22. The van der Waals surface area contributed by atoms with Crippen molar-refractivity contribution in [2.45, 2.75) is 20.3 Å². The SMILES string of the molecule is C=CC=CC(=C)CCN(CCSCC)CCSCC. The van der Waals surface area contributed by atoms with Gasteiger partial charge in [-0.25, -0.2) is 0 Å². The highest BCUT2D eigenvalue weighted by molar-refractivity contribution is 7.99. The monoisotopic (exact) mass is 299 g/mol. The number of hydrogen-bond donors (Lipinski definition) is 0. The minimum absolute atomic E-state index is 1.05. The van der Waals surface area contributed by atoms with E-state index in [1.807, 2.05) is 29.6 Å². The smallest absolute Gasteiger partial charge is 0.00728 e. The van der Waals surface area contributed by atoms with Crippen molar-refractivity contribution < 1.29 is 0 Å². The highest BCUT2D eigenvalue weighted by atomic mass is 32.2. The Morgan fingerprint density at radius 1 is 1.05 bits per heavy atom. The van der Waals surface area contributed by atoms with E-state index in [0.717, 1.165) is 13.0 Å². The largest absolute Gasteiger partial charge is 0.301 e. The third-order valence-corrected chi connectivity index (χ3v) is 4.49. The predicted molar refractivity (Wildman–Crippen MR) is 95.5 cm³/mol. The number of nitrogens with zero attached hydrogens (tertiary/aromatic N) is 1. The molecule has 1 nitrogen and oxygen atoms in total. The van der Waals surface area contributed by atoms with Crippen molar-refractivity contribution in [2.75, 3.05) is 42.6 Å². The minimum atomic E-state index is 1.05. The van der Waals surface area contributed by atoms with Crippen LogP contribution in [0.15, 0.2) is 37.0 Å². The van der Waals surface area contributed by atoms with Crippen LogP contribution in [0.25, 0.3) is 0 Å². The van der Waals surface area contributed by atoms with Crippen LogP contribution in [0.5, 0.6) is 0 Å². The van der Waals surface area contributed by atoms with Gasteiger partial charge in [0.2, 0.25) is 0 Å². The fourth-order valence-electron chi connectivity index (χ4n) is 1.60. The van der Waals surface area contributed by atoms with Gasteiger partial charge in [0.25, 0.3) is 0 Å². The zero-order valence-corrected chi connectivity index (χ0v) is 14.2. The zero-order valence-electron chi connectivity index (χ0n) is 12.6. The molecule has 0 amide bonds. The zero-order chi connectivity index (χ0) is 14.3. The van der Waals surface area contributed by atoms with Gasteiger partial charge in [0, 0.05) is 31.1 Å². The second-order valence-corrected chi connectivity index (χ2v) is 7.03. The van der Waals surface area contributed by atoms with Gasteiger partial charge < -0.3 is 4.90 Å². The molecular formula is C16H29NS2. The summed E-state index contributed by atoms with van der Waals surface area (Å²) in [4.78, 5) is 2.57. The van der Waals surface area contributed by atoms with E-state index in [0.29, 0.717) is 0 Å². The molecule has 0 aliphatic carbocycles. The lowest BCUT2D eigenvalue weighted by molar-refractivity contribution is 0.314. The first kappa shape index (κ1) is 18.9. The quantitative estimate of drug-likeness (QED) is 0.364. The van der Waals surface area contributed by atoms with Crippen LogP contribution in [0.2, 0.25) is 0 Å². The number of hydrogen-bond acceptors (Lipinski definition) is 3. The van der Waals surface area contributed by atoms with Gasteiger partial charge in [0.05, 0.1) is 0 Å². The maximum atomic E-state index is 4.09. The lowest BCUT2D eigenvalue weighted by Crippen LogP contribution is -2.30. The van der Waals surface area contributed by atoms with Crippen LogP contribution in [0, 0.1) is 0 Å². The molecule has 0 heterocycles. The fourth-order valence-corrected chi connectivity index (χ4v) is 2.95. The van der Waals surface area contributed by atoms with Crippen molar-refractivity contribution in [1.29, 1.82) is 0 Å². The standard InChI is InChI=1S/C16H29NS2/c1-5-8-9-16(4)10-11-17(12-14-18-6-2)13-15-19-7-3/h5,8-9H,1,4,6-7,10-15H2,2-3H3. The van der Waals surface area contributed by atoms with Gasteiger partial charge in [0.15, 0.2) is 0 Å². The van der Waals surface area contributed by atoms with Gasteiger partial charge in [-0.05, 0) is 17.9 Å². The first-order valence-electron chi connectivity index (χ1n) is 7.09. The summed E-state index contributed by atoms with van der Waals surface area (Å²) in [5, 5.41) is 0. The van der Waals surface area contributed by atoms with Crippen molar-refractivity contribution in [3.63, 3.8) is 0 Å². The van der Waals surface area contributed by atoms with E-state index in [1.54, 1.807) is 6.08 Å². The van der Waals surface area contributed by atoms with E-state index in [9.17, 15) is 0 Å². The second kappa shape index (κ2) is 14.3. The Bertz CT molecular complexity index is 251. The molecule has 0 aromatic rings. The summed E-state index contributed by atoms with van der Waals surface area (Å²) >= 11 is 4.05. The molecule has 0 atom stereocenters. The summed E-state index contributed by atoms with van der Waals surface area (Å²) in [7, 11) is 0. The maximum absolute atomic E-state index is 4.09. The molecule has 0 spiro atoms. The molecular weight excluding hydrogens is 270 g/mol. The van der Waals surface area contributed by atoms with E-state index in [-0.39, 0.29) is 0 Å². The molecule has 0 N–H and O–H groups in total. The van der Waals surface area contributed by atoms with Crippen LogP contribution in [0.1, 0.15) is 20.3 Å². The van der Waals surface area contributed by atoms with Crippen LogP contribution in [0.4, 0.5) is 0 Å². The first-order valence-corrected chi connectivity index (χ1v) is 9.40. The van der Waals surface area contributed by atoms with Crippen LogP contribution < -0.4 is 0 Å². The molecule has 0 aliphatic rings. The number of thioether (sulfide) groups is 2. The highest BCUT2D eigenvalue weighted by Gasteiger charge is 2.04. The van der Waals surface area contributed by atoms with Gasteiger partial charge in [-0.1, -0.05) is 50.8 Å². The molecule has 0 saturated carbocycles. The molecule has 110 valence electrons. The summed E-state index contributed by atoms with van der Waals surface area (Å²) in [5.41, 5.74) is 1.19. The topological polar surface area (TPSA) is 3.24 Å². The maximum Gasteiger partial charge on any atom is 0.00728 e. The lowest BCUT2D eigenvalue weighted by atomic mass is 10.2. The molecule has 0 unspecified atom stereocenters. The summed E-state index contributed by atoms with van der Waals surface area (Å²) in [6.07, 6.45) is 6.88. The van der Waals surface area contributed by atoms with E-state index in [4.69, 9.17) is 0 Å². The first-order chi connectivity index (χ1) is 9.24. The van der Waals surface area contributed by atoms with E-state index in [2.05, 4.69) is 38.0 Å². The van der Waals surface area contributed by atoms with Crippen LogP contribution in [-0.2, 0) is 0 Å². The second-order valence-electron chi connectivity index (χ2n) is 4.24. The molecule has 0 aromatic heterocycles. The molecule has 0 bridgehead atoms. The van der Waals surface area contributed by atoms with Gasteiger partial charge in [-0.3, -0.25) is 0 Å². The van der Waals surface area contributed by atoms with E-state index < -0.39 is 0 Å². The van der Waals surface area contributed by atoms with Crippen molar-refractivity contribution in [3.8, 4) is 0 Å². The summed E-state index contributed by atoms with van der Waals surface area (Å²) in [6, 6.07) is 0. The normalized spacial score (nSPS) is 11.3. The predicted octanol–water partition coefficient (Wildman–Crippen LogP) is 4.48. The van der Waals surface area contributed by atoms with Crippen LogP contribution in [-0.4, -0.2) is 47.5 Å². The molecule has 0 saturated heterocycles. The van der Waals surface area contributed by atoms with Crippen molar-refractivity contribution in [2.24, 2.45) is 0 Å². The van der Waals surface area contributed by atoms with Gasteiger partial charge in [0.1, 0.15) is 0 Å². The molecule has 0 aliphatic heterocycles. The average Bonchev–Trinajstić information content (AvgIpc) is 2.42. The van der Waals surface area contributed by atoms with Crippen molar-refractivity contribution >= 4 is 23.5 Å². The molecule has 0 rings (SSSR count). The van der Waals surface area contributed by atoms with Gasteiger partial charge in [-0.15, -0.1) is 0 Å².